The summed E-state index contributed by atoms with van der Waals surface area (Å²) in [5.74, 6) is -0.611. The second-order valence-corrected chi connectivity index (χ2v) is 7.03. The highest BCUT2D eigenvalue weighted by Crippen LogP contribution is 2.74. The first kappa shape index (κ1) is 11.6. The normalized spacial score (nSPS) is 58.5. The molecule has 102 valence electrons. The summed E-state index contributed by atoms with van der Waals surface area (Å²) in [7, 11) is 0. The third-order valence-corrected chi connectivity index (χ3v) is 6.40. The molecule has 1 heterocycles. The molecule has 3 saturated carbocycles. The third kappa shape index (κ3) is 1.04. The number of carbonyl (C=O) groups is 2. The second-order valence-electron chi connectivity index (χ2n) is 7.03. The average Bonchev–Trinajstić information content (AvgIpc) is 2.86. The predicted molar refractivity (Wildman–Crippen MR) is 66.0 cm³/mol. The number of rotatable bonds is 0. The fraction of sp³-hybridized carbons (Fsp3) is 0.733. The lowest BCUT2D eigenvalue weighted by Crippen LogP contribution is -2.58. The van der Waals surface area contributed by atoms with Gasteiger partial charge in [0.25, 0.3) is 0 Å². The fourth-order valence-corrected chi connectivity index (χ4v) is 5.08. The Hall–Kier alpha value is -1.16. The Morgan fingerprint density at radius 3 is 2.79 bits per heavy atom. The highest BCUT2D eigenvalue weighted by Gasteiger charge is 2.78. The molecule has 7 atom stereocenters. The van der Waals surface area contributed by atoms with Crippen molar-refractivity contribution in [2.45, 2.75) is 38.4 Å². The maximum atomic E-state index is 12.1. The minimum absolute atomic E-state index is 0.0345. The van der Waals surface area contributed by atoms with Crippen LogP contribution in [0.1, 0.15) is 26.7 Å². The van der Waals surface area contributed by atoms with E-state index in [9.17, 15) is 14.7 Å². The van der Waals surface area contributed by atoms with Crippen LogP contribution < -0.4 is 0 Å². The van der Waals surface area contributed by atoms with Crippen molar-refractivity contribution in [3.05, 3.63) is 12.2 Å². The number of esters is 1. The maximum absolute atomic E-state index is 12.1. The Bertz CT molecular complexity index is 538. The van der Waals surface area contributed by atoms with Crippen molar-refractivity contribution in [1.82, 2.24) is 0 Å². The Balaban J connectivity index is 1.88. The minimum atomic E-state index is -1.20. The average molecular weight is 262 g/mol. The second kappa shape index (κ2) is 2.95. The van der Waals surface area contributed by atoms with E-state index in [0.29, 0.717) is 17.9 Å². The first-order valence-corrected chi connectivity index (χ1v) is 6.96. The standard InChI is InChI=1S/C15H18O4/c1-6-11-8-5-14(8,3)10-4-9(16)7(2)15(10,18)12(11)19-13(6)17/h7-8,10-12,18H,1,4-5H2,2-3H3/t7-,8+,10-,11+,12+,14+,15+/m0/s1. The van der Waals surface area contributed by atoms with E-state index >= 15 is 0 Å². The molecule has 3 aliphatic carbocycles. The van der Waals surface area contributed by atoms with Crippen LogP contribution in [0.15, 0.2) is 12.2 Å². The quantitative estimate of drug-likeness (QED) is 0.524. The van der Waals surface area contributed by atoms with Gasteiger partial charge in [-0.2, -0.15) is 0 Å². The number of hydrogen-bond donors (Lipinski definition) is 1. The SMILES string of the molecule is C=C1C(=O)O[C@@H]2[C@H]1[C@H]1C[C@@]1(C)[C@@H]1CC(=O)[C@H](C)[C@]21O. The van der Waals surface area contributed by atoms with Gasteiger partial charge < -0.3 is 9.84 Å². The topological polar surface area (TPSA) is 63.6 Å². The lowest BCUT2D eigenvalue weighted by atomic mass is 9.62. The Morgan fingerprint density at radius 2 is 2.11 bits per heavy atom. The van der Waals surface area contributed by atoms with Gasteiger partial charge >= 0.3 is 5.97 Å². The summed E-state index contributed by atoms with van der Waals surface area (Å²) in [4.78, 5) is 23.9. The van der Waals surface area contributed by atoms with E-state index in [1.165, 1.54) is 0 Å². The minimum Gasteiger partial charge on any atom is -0.455 e. The summed E-state index contributed by atoms with van der Waals surface area (Å²) < 4.78 is 5.41. The molecule has 0 unspecified atom stereocenters. The number of carbonyl (C=O) groups excluding carboxylic acids is 2. The summed E-state index contributed by atoms with van der Waals surface area (Å²) in [5.41, 5.74) is -0.747. The maximum Gasteiger partial charge on any atom is 0.334 e. The molecule has 4 fully saturated rings. The van der Waals surface area contributed by atoms with Crippen molar-refractivity contribution in [1.29, 1.82) is 0 Å². The Labute approximate surface area is 111 Å². The van der Waals surface area contributed by atoms with Crippen LogP contribution >= 0.6 is 0 Å². The van der Waals surface area contributed by atoms with Gasteiger partial charge in [-0.15, -0.1) is 0 Å². The molecule has 0 aromatic rings. The van der Waals surface area contributed by atoms with Gasteiger partial charge in [0.2, 0.25) is 0 Å². The molecular weight excluding hydrogens is 244 g/mol. The summed E-state index contributed by atoms with van der Waals surface area (Å²) in [6, 6.07) is 0. The molecule has 4 heteroatoms. The van der Waals surface area contributed by atoms with Gasteiger partial charge in [-0.1, -0.05) is 20.4 Å². The van der Waals surface area contributed by atoms with Crippen LogP contribution in [0.4, 0.5) is 0 Å². The Kier molecular flexibility index (Phi) is 1.81. The lowest BCUT2D eigenvalue weighted by molar-refractivity contribution is -0.185. The van der Waals surface area contributed by atoms with Crippen molar-refractivity contribution in [2.75, 3.05) is 0 Å². The van der Waals surface area contributed by atoms with Crippen LogP contribution in [-0.2, 0) is 14.3 Å². The van der Waals surface area contributed by atoms with Crippen LogP contribution in [0.5, 0.6) is 0 Å². The molecule has 0 bridgehead atoms. The van der Waals surface area contributed by atoms with Crippen LogP contribution in [-0.4, -0.2) is 28.6 Å². The summed E-state index contributed by atoms with van der Waals surface area (Å²) in [6.45, 7) is 7.74. The number of Topliss-reactive ketones (excluding diaryl/α,β-unsaturated/α-hetero) is 1. The van der Waals surface area contributed by atoms with Gasteiger partial charge in [0.1, 0.15) is 17.5 Å². The largest absolute Gasteiger partial charge is 0.455 e. The summed E-state index contributed by atoms with van der Waals surface area (Å²) in [6.07, 6.45) is 0.800. The number of hydrogen-bond acceptors (Lipinski definition) is 4. The monoisotopic (exact) mass is 262 g/mol. The molecule has 0 aromatic heterocycles. The number of fused-ring (bicyclic) bond motifs is 6. The molecule has 4 aliphatic rings. The highest BCUT2D eigenvalue weighted by atomic mass is 16.6. The third-order valence-electron chi connectivity index (χ3n) is 6.40. The van der Waals surface area contributed by atoms with E-state index in [-0.39, 0.29) is 23.0 Å². The van der Waals surface area contributed by atoms with E-state index in [0.717, 1.165) is 6.42 Å². The van der Waals surface area contributed by atoms with Gasteiger partial charge in [-0.3, -0.25) is 4.79 Å². The van der Waals surface area contributed by atoms with E-state index in [1.807, 2.05) is 0 Å². The van der Waals surface area contributed by atoms with E-state index in [4.69, 9.17) is 4.74 Å². The fourth-order valence-electron chi connectivity index (χ4n) is 5.08. The van der Waals surface area contributed by atoms with Crippen LogP contribution in [0.3, 0.4) is 0 Å². The van der Waals surface area contributed by atoms with Crippen LogP contribution in [0.25, 0.3) is 0 Å². The summed E-state index contributed by atoms with van der Waals surface area (Å²) in [5, 5.41) is 11.2. The number of ether oxygens (including phenoxy) is 1. The van der Waals surface area contributed by atoms with Gasteiger partial charge in [0, 0.05) is 29.7 Å². The number of ketones is 1. The van der Waals surface area contributed by atoms with Crippen molar-refractivity contribution in [3.8, 4) is 0 Å². The smallest absolute Gasteiger partial charge is 0.334 e. The molecule has 1 N–H and O–H groups in total. The number of aliphatic hydroxyl groups is 1. The zero-order valence-electron chi connectivity index (χ0n) is 11.2. The molecular formula is C15H18O4. The molecule has 19 heavy (non-hydrogen) atoms. The molecule has 4 nitrogen and oxygen atoms in total. The Morgan fingerprint density at radius 1 is 1.42 bits per heavy atom. The predicted octanol–water partition coefficient (Wildman–Crippen LogP) is 1.08. The van der Waals surface area contributed by atoms with Crippen LogP contribution in [0, 0.1) is 29.1 Å². The van der Waals surface area contributed by atoms with Crippen molar-refractivity contribution in [3.63, 3.8) is 0 Å². The summed E-state index contributed by atoms with van der Waals surface area (Å²) >= 11 is 0. The molecule has 1 aliphatic heterocycles. The molecule has 4 rings (SSSR count). The van der Waals surface area contributed by atoms with E-state index < -0.39 is 23.6 Å². The zero-order chi connectivity index (χ0) is 13.7. The van der Waals surface area contributed by atoms with Gasteiger partial charge in [-0.05, 0) is 17.8 Å². The first-order chi connectivity index (χ1) is 8.81. The van der Waals surface area contributed by atoms with Gasteiger partial charge in [0.15, 0.2) is 0 Å². The zero-order valence-corrected chi connectivity index (χ0v) is 11.2. The first-order valence-electron chi connectivity index (χ1n) is 6.96. The molecule has 0 amide bonds. The molecule has 0 aromatic carbocycles. The van der Waals surface area contributed by atoms with Crippen molar-refractivity contribution >= 4 is 11.8 Å². The van der Waals surface area contributed by atoms with Gasteiger partial charge in [0.05, 0.1) is 0 Å². The van der Waals surface area contributed by atoms with Crippen LogP contribution in [0.2, 0.25) is 0 Å². The molecule has 0 radical (unpaired) electrons. The van der Waals surface area contributed by atoms with Crippen molar-refractivity contribution in [2.24, 2.45) is 29.1 Å². The van der Waals surface area contributed by atoms with E-state index in [2.05, 4.69) is 13.5 Å². The molecule has 1 saturated heterocycles. The van der Waals surface area contributed by atoms with Crippen molar-refractivity contribution < 1.29 is 19.4 Å². The molecule has 0 spiro atoms. The van der Waals surface area contributed by atoms with E-state index in [1.54, 1.807) is 6.92 Å². The highest BCUT2D eigenvalue weighted by molar-refractivity contribution is 5.92. The lowest BCUT2D eigenvalue weighted by Gasteiger charge is -2.46. The van der Waals surface area contributed by atoms with Gasteiger partial charge in [-0.25, -0.2) is 4.79 Å².